The van der Waals surface area contributed by atoms with Crippen LogP contribution in [0.4, 0.5) is 0 Å². The highest BCUT2D eigenvalue weighted by Gasteiger charge is 2.33. The Morgan fingerprint density at radius 1 is 1.41 bits per heavy atom. The first kappa shape index (κ1) is 21.4. The lowest BCUT2D eigenvalue weighted by Crippen LogP contribution is -2.47. The van der Waals surface area contributed by atoms with Crippen molar-refractivity contribution in [1.82, 2.24) is 9.80 Å². The van der Waals surface area contributed by atoms with Gasteiger partial charge in [0.05, 0.1) is 6.04 Å². The largest absolute Gasteiger partial charge is 0.491 e. The van der Waals surface area contributed by atoms with Crippen molar-refractivity contribution in [2.45, 2.75) is 26.3 Å². The average Bonchev–Trinajstić information content (AvgIpc) is 3.17. The second-order valence-corrected chi connectivity index (χ2v) is 8.47. The molecular weight excluding hydrogens is 408 g/mol. The van der Waals surface area contributed by atoms with E-state index >= 15 is 0 Å². The minimum absolute atomic E-state index is 0.0391. The molecule has 0 saturated heterocycles. The van der Waals surface area contributed by atoms with Crippen molar-refractivity contribution in [3.05, 3.63) is 63.3 Å². The Balaban J connectivity index is 1.78. The predicted octanol–water partition coefficient (Wildman–Crippen LogP) is 4.25. The fourth-order valence-corrected chi connectivity index (χ4v) is 4.52. The molecule has 1 aromatic carbocycles. The fourth-order valence-electron chi connectivity index (χ4n) is 3.47. The topological polar surface area (TPSA) is 49.9 Å². The number of halogens is 1. The van der Waals surface area contributed by atoms with Gasteiger partial charge in [-0.3, -0.25) is 9.59 Å². The summed E-state index contributed by atoms with van der Waals surface area (Å²) in [5.41, 5.74) is 2.07. The molecule has 2 amide bonds. The molecule has 0 spiro atoms. The van der Waals surface area contributed by atoms with Gasteiger partial charge in [0.25, 0.3) is 0 Å². The van der Waals surface area contributed by atoms with E-state index in [-0.39, 0.29) is 24.4 Å². The Hall–Kier alpha value is -2.31. The molecule has 2 aromatic rings. The number of benzene rings is 1. The second kappa shape index (κ2) is 9.46. The number of carbonyl (C=O) groups excluding carboxylic acids is 2. The normalized spacial score (nSPS) is 15.6. The van der Waals surface area contributed by atoms with E-state index in [4.69, 9.17) is 16.3 Å². The number of rotatable bonds is 7. The molecule has 3 rings (SSSR count). The van der Waals surface area contributed by atoms with Crippen LogP contribution in [-0.2, 0) is 16.0 Å². The standard InChI is InChI=1S/C22H25ClN2O3S/c1-4-9-24(16(3)26)13-22(27)25-10-7-21-18(8-11-29-21)20(25)14-28-17-5-6-19(23)15(2)12-17/h4-6,8,11-12,20H,1,7,9-10,13-14H2,2-3H3/t20-/m1/s1. The third-order valence-electron chi connectivity index (χ3n) is 5.07. The summed E-state index contributed by atoms with van der Waals surface area (Å²) in [6.07, 6.45) is 2.45. The Morgan fingerprint density at radius 2 is 2.21 bits per heavy atom. The van der Waals surface area contributed by atoms with Gasteiger partial charge < -0.3 is 14.5 Å². The Labute approximate surface area is 180 Å². The van der Waals surface area contributed by atoms with E-state index < -0.39 is 0 Å². The molecule has 1 aromatic heterocycles. The molecule has 0 saturated carbocycles. The average molecular weight is 433 g/mol. The molecule has 154 valence electrons. The maximum atomic E-state index is 13.1. The number of hydrogen-bond acceptors (Lipinski definition) is 4. The number of nitrogens with zero attached hydrogens (tertiary/aromatic N) is 2. The molecule has 0 N–H and O–H groups in total. The minimum atomic E-state index is -0.189. The van der Waals surface area contributed by atoms with Crippen molar-refractivity contribution in [3.63, 3.8) is 0 Å². The number of hydrogen-bond donors (Lipinski definition) is 0. The van der Waals surface area contributed by atoms with E-state index in [1.54, 1.807) is 17.4 Å². The van der Waals surface area contributed by atoms with Crippen LogP contribution in [0, 0.1) is 6.92 Å². The van der Waals surface area contributed by atoms with Gasteiger partial charge in [0.15, 0.2) is 0 Å². The van der Waals surface area contributed by atoms with Gasteiger partial charge in [0.2, 0.25) is 11.8 Å². The summed E-state index contributed by atoms with van der Waals surface area (Å²) in [7, 11) is 0. The third kappa shape index (κ3) is 5.00. The highest BCUT2D eigenvalue weighted by atomic mass is 35.5. The van der Waals surface area contributed by atoms with Gasteiger partial charge in [-0.25, -0.2) is 0 Å². The minimum Gasteiger partial charge on any atom is -0.491 e. The van der Waals surface area contributed by atoms with Crippen LogP contribution in [0.3, 0.4) is 0 Å². The summed E-state index contributed by atoms with van der Waals surface area (Å²) in [6.45, 7) is 8.41. The molecule has 1 aliphatic rings. The third-order valence-corrected chi connectivity index (χ3v) is 6.49. The predicted molar refractivity (Wildman–Crippen MR) is 117 cm³/mol. The molecule has 0 unspecified atom stereocenters. The summed E-state index contributed by atoms with van der Waals surface area (Å²) in [4.78, 5) is 29.5. The zero-order valence-electron chi connectivity index (χ0n) is 16.7. The van der Waals surface area contributed by atoms with Crippen LogP contribution in [-0.4, -0.2) is 47.9 Å². The van der Waals surface area contributed by atoms with Crippen molar-refractivity contribution in [2.75, 3.05) is 26.2 Å². The number of thiophene rings is 1. The lowest BCUT2D eigenvalue weighted by molar-refractivity contribution is -0.141. The van der Waals surface area contributed by atoms with Crippen LogP contribution < -0.4 is 4.74 Å². The maximum absolute atomic E-state index is 13.1. The maximum Gasteiger partial charge on any atom is 0.242 e. The Morgan fingerprint density at radius 3 is 2.90 bits per heavy atom. The first-order chi connectivity index (χ1) is 13.9. The van der Waals surface area contributed by atoms with E-state index in [1.807, 2.05) is 30.0 Å². The monoisotopic (exact) mass is 432 g/mol. The SMILES string of the molecule is C=CCN(CC(=O)N1CCc2sccc2[C@H]1COc1ccc(Cl)c(C)c1)C(C)=O. The van der Waals surface area contributed by atoms with Gasteiger partial charge >= 0.3 is 0 Å². The number of fused-ring (bicyclic) bond motifs is 1. The Kier molecular flexibility index (Phi) is 6.98. The van der Waals surface area contributed by atoms with Crippen molar-refractivity contribution in [1.29, 1.82) is 0 Å². The summed E-state index contributed by atoms with van der Waals surface area (Å²) in [6, 6.07) is 7.42. The van der Waals surface area contributed by atoms with Crippen LogP contribution in [0.1, 0.15) is 29.0 Å². The van der Waals surface area contributed by atoms with Crippen LogP contribution in [0.25, 0.3) is 0 Å². The first-order valence-electron chi connectivity index (χ1n) is 9.51. The van der Waals surface area contributed by atoms with Gasteiger partial charge in [-0.1, -0.05) is 17.7 Å². The van der Waals surface area contributed by atoms with Gasteiger partial charge in [0.1, 0.15) is 18.9 Å². The number of ether oxygens (including phenoxy) is 1. The van der Waals surface area contributed by atoms with Gasteiger partial charge in [-0.05, 0) is 54.1 Å². The van der Waals surface area contributed by atoms with Crippen LogP contribution >= 0.6 is 22.9 Å². The summed E-state index contributed by atoms with van der Waals surface area (Å²) >= 11 is 7.81. The second-order valence-electron chi connectivity index (χ2n) is 7.06. The molecule has 1 aliphatic heterocycles. The van der Waals surface area contributed by atoms with E-state index in [0.29, 0.717) is 24.7 Å². The molecule has 0 aliphatic carbocycles. The van der Waals surface area contributed by atoms with Crippen molar-refractivity contribution in [2.24, 2.45) is 0 Å². The van der Waals surface area contributed by atoms with E-state index in [9.17, 15) is 9.59 Å². The molecule has 1 atom stereocenters. The van der Waals surface area contributed by atoms with Crippen molar-refractivity contribution >= 4 is 34.8 Å². The van der Waals surface area contributed by atoms with Crippen molar-refractivity contribution in [3.8, 4) is 5.75 Å². The van der Waals surface area contributed by atoms with Gasteiger partial charge in [-0.2, -0.15) is 0 Å². The first-order valence-corrected chi connectivity index (χ1v) is 10.8. The number of amides is 2. The molecule has 29 heavy (non-hydrogen) atoms. The van der Waals surface area contributed by atoms with Crippen molar-refractivity contribution < 1.29 is 14.3 Å². The highest BCUT2D eigenvalue weighted by Crippen LogP contribution is 2.34. The van der Waals surface area contributed by atoms with E-state index in [1.165, 1.54) is 16.7 Å². The van der Waals surface area contributed by atoms with Gasteiger partial charge in [0, 0.05) is 29.9 Å². The highest BCUT2D eigenvalue weighted by molar-refractivity contribution is 7.10. The molecule has 0 fully saturated rings. The summed E-state index contributed by atoms with van der Waals surface area (Å²) < 4.78 is 6.04. The molecule has 5 nitrogen and oxygen atoms in total. The molecule has 0 bridgehead atoms. The molecular formula is C22H25ClN2O3S. The zero-order chi connectivity index (χ0) is 21.0. The Bertz CT molecular complexity index is 911. The van der Waals surface area contributed by atoms with Gasteiger partial charge in [-0.15, -0.1) is 17.9 Å². The fraction of sp³-hybridized carbons (Fsp3) is 0.364. The number of carbonyl (C=O) groups is 2. The number of aryl methyl sites for hydroxylation is 1. The van der Waals surface area contributed by atoms with Crippen LogP contribution in [0.5, 0.6) is 5.75 Å². The lowest BCUT2D eigenvalue weighted by atomic mass is 10.0. The van der Waals surface area contributed by atoms with Crippen LogP contribution in [0.2, 0.25) is 5.02 Å². The summed E-state index contributed by atoms with van der Waals surface area (Å²) in [5, 5.41) is 2.75. The lowest BCUT2D eigenvalue weighted by Gasteiger charge is -2.37. The zero-order valence-corrected chi connectivity index (χ0v) is 18.3. The smallest absolute Gasteiger partial charge is 0.242 e. The van der Waals surface area contributed by atoms with E-state index in [2.05, 4.69) is 18.0 Å². The quantitative estimate of drug-likeness (QED) is 0.614. The summed E-state index contributed by atoms with van der Waals surface area (Å²) in [5.74, 6) is 0.495. The van der Waals surface area contributed by atoms with E-state index in [0.717, 1.165) is 23.3 Å². The molecule has 0 radical (unpaired) electrons. The van der Waals surface area contributed by atoms with Crippen LogP contribution in [0.15, 0.2) is 42.3 Å². The molecule has 7 heteroatoms. The molecule has 2 heterocycles.